The molecule has 0 saturated heterocycles. The molecule has 2 atom stereocenters. The maximum absolute atomic E-state index is 11.1. The molecule has 92 valence electrons. The van der Waals surface area contributed by atoms with Crippen molar-refractivity contribution >= 4 is 0 Å². The molecule has 2 aromatic carbocycles. The summed E-state index contributed by atoms with van der Waals surface area (Å²) in [6.07, 6.45) is 1.87. The molecule has 1 saturated carbocycles. The molecule has 0 aromatic heterocycles. The topological polar surface area (TPSA) is 20.2 Å². The Labute approximate surface area is 108 Å². The Hall–Kier alpha value is -1.60. The van der Waals surface area contributed by atoms with Crippen LogP contribution in [0, 0.1) is 0 Å². The van der Waals surface area contributed by atoms with Crippen molar-refractivity contribution in [2.75, 3.05) is 0 Å². The number of benzene rings is 2. The van der Waals surface area contributed by atoms with Gasteiger partial charge in [-0.15, -0.1) is 0 Å². The smallest absolute Gasteiger partial charge is 0.0990 e. The Kier molecular flexibility index (Phi) is 2.53. The summed E-state index contributed by atoms with van der Waals surface area (Å²) in [5.41, 5.74) is 1.36. The SMILES string of the molecule is C[C@@]1(c2ccccc2)CC[C@]1(O)c1ccccc1. The van der Waals surface area contributed by atoms with E-state index in [1.165, 1.54) is 5.56 Å². The summed E-state index contributed by atoms with van der Waals surface area (Å²) in [6.45, 7) is 2.17. The lowest BCUT2D eigenvalue weighted by Gasteiger charge is -2.55. The predicted molar refractivity (Wildman–Crippen MR) is 73.4 cm³/mol. The van der Waals surface area contributed by atoms with Gasteiger partial charge in [0.2, 0.25) is 0 Å². The van der Waals surface area contributed by atoms with Crippen LogP contribution < -0.4 is 0 Å². The van der Waals surface area contributed by atoms with E-state index in [1.54, 1.807) is 0 Å². The van der Waals surface area contributed by atoms with Crippen LogP contribution in [0.1, 0.15) is 30.9 Å². The van der Waals surface area contributed by atoms with E-state index < -0.39 is 5.60 Å². The Balaban J connectivity index is 2.05. The molecule has 0 heterocycles. The Morgan fingerprint density at radius 1 is 0.778 bits per heavy atom. The fourth-order valence-electron chi connectivity index (χ4n) is 3.10. The van der Waals surface area contributed by atoms with Crippen molar-refractivity contribution in [1.29, 1.82) is 0 Å². The van der Waals surface area contributed by atoms with Gasteiger partial charge in [0.25, 0.3) is 0 Å². The molecule has 3 rings (SSSR count). The molecule has 1 aliphatic carbocycles. The zero-order chi connectivity index (χ0) is 12.6. The molecule has 18 heavy (non-hydrogen) atoms. The summed E-state index contributed by atoms with van der Waals surface area (Å²) in [7, 11) is 0. The van der Waals surface area contributed by atoms with Gasteiger partial charge in [-0.1, -0.05) is 67.6 Å². The van der Waals surface area contributed by atoms with Crippen molar-refractivity contribution in [1.82, 2.24) is 0 Å². The highest BCUT2D eigenvalue weighted by atomic mass is 16.3. The van der Waals surface area contributed by atoms with Crippen molar-refractivity contribution in [2.24, 2.45) is 0 Å². The molecule has 1 heteroatoms. The Morgan fingerprint density at radius 3 is 1.72 bits per heavy atom. The first-order chi connectivity index (χ1) is 8.67. The van der Waals surface area contributed by atoms with Crippen LogP contribution in [0.15, 0.2) is 60.7 Å². The van der Waals surface area contributed by atoms with E-state index in [1.807, 2.05) is 48.5 Å². The van der Waals surface area contributed by atoms with E-state index in [0.717, 1.165) is 18.4 Å². The highest BCUT2D eigenvalue weighted by Crippen LogP contribution is 2.57. The highest BCUT2D eigenvalue weighted by molar-refractivity contribution is 5.39. The van der Waals surface area contributed by atoms with Gasteiger partial charge in [-0.2, -0.15) is 0 Å². The van der Waals surface area contributed by atoms with Gasteiger partial charge < -0.3 is 5.11 Å². The minimum Gasteiger partial charge on any atom is -0.384 e. The molecular weight excluding hydrogens is 220 g/mol. The molecule has 0 unspecified atom stereocenters. The first-order valence-electron chi connectivity index (χ1n) is 6.50. The van der Waals surface area contributed by atoms with Crippen LogP contribution >= 0.6 is 0 Å². The molecule has 2 aromatic rings. The van der Waals surface area contributed by atoms with Crippen LogP contribution in [-0.2, 0) is 11.0 Å². The average Bonchev–Trinajstić information content (AvgIpc) is 2.46. The molecular formula is C17H18O. The van der Waals surface area contributed by atoms with Crippen molar-refractivity contribution in [3.05, 3.63) is 71.8 Å². The average molecular weight is 238 g/mol. The van der Waals surface area contributed by atoms with Crippen LogP contribution in [0.4, 0.5) is 0 Å². The van der Waals surface area contributed by atoms with Gasteiger partial charge in [-0.25, -0.2) is 0 Å². The van der Waals surface area contributed by atoms with Crippen LogP contribution in [0.25, 0.3) is 0 Å². The maximum atomic E-state index is 11.1. The fraction of sp³-hybridized carbons (Fsp3) is 0.294. The molecule has 0 spiro atoms. The van der Waals surface area contributed by atoms with E-state index in [-0.39, 0.29) is 5.41 Å². The van der Waals surface area contributed by atoms with E-state index in [9.17, 15) is 5.11 Å². The normalized spacial score (nSPS) is 30.8. The third kappa shape index (κ3) is 1.44. The van der Waals surface area contributed by atoms with Gasteiger partial charge in [0, 0.05) is 5.41 Å². The van der Waals surface area contributed by atoms with E-state index in [0.29, 0.717) is 0 Å². The molecule has 0 bridgehead atoms. The summed E-state index contributed by atoms with van der Waals surface area (Å²) >= 11 is 0. The molecule has 0 radical (unpaired) electrons. The Morgan fingerprint density at radius 2 is 1.28 bits per heavy atom. The van der Waals surface area contributed by atoms with Gasteiger partial charge >= 0.3 is 0 Å². The van der Waals surface area contributed by atoms with Crippen molar-refractivity contribution in [3.63, 3.8) is 0 Å². The predicted octanol–water partition coefficient (Wildman–Crippen LogP) is 3.63. The second-order valence-electron chi connectivity index (χ2n) is 5.42. The molecule has 1 nitrogen and oxygen atoms in total. The van der Waals surface area contributed by atoms with Crippen molar-refractivity contribution in [3.8, 4) is 0 Å². The zero-order valence-electron chi connectivity index (χ0n) is 10.6. The molecule has 1 aliphatic rings. The lowest BCUT2D eigenvalue weighted by molar-refractivity contribution is -0.118. The van der Waals surface area contributed by atoms with Gasteiger partial charge in [0.05, 0.1) is 5.60 Å². The van der Waals surface area contributed by atoms with Gasteiger partial charge in [-0.3, -0.25) is 0 Å². The van der Waals surface area contributed by atoms with Gasteiger partial charge in [-0.05, 0) is 24.0 Å². The standard InChI is InChI=1S/C17H18O/c1-16(14-8-4-2-5-9-14)12-13-17(16,18)15-10-6-3-7-11-15/h2-11,18H,12-13H2,1H3/t16-,17-/m0/s1. The summed E-state index contributed by atoms with van der Waals surface area (Å²) in [5, 5.41) is 11.1. The Bertz CT molecular complexity index is 483. The number of hydrogen-bond donors (Lipinski definition) is 1. The van der Waals surface area contributed by atoms with Crippen molar-refractivity contribution < 1.29 is 5.11 Å². The second-order valence-corrected chi connectivity index (χ2v) is 5.42. The first-order valence-corrected chi connectivity index (χ1v) is 6.50. The van der Waals surface area contributed by atoms with Crippen molar-refractivity contribution in [2.45, 2.75) is 30.8 Å². The number of hydrogen-bond acceptors (Lipinski definition) is 1. The second kappa shape index (κ2) is 3.96. The zero-order valence-corrected chi connectivity index (χ0v) is 10.6. The summed E-state index contributed by atoms with van der Waals surface area (Å²) < 4.78 is 0. The van der Waals surface area contributed by atoms with Gasteiger partial charge in [0.1, 0.15) is 0 Å². The largest absolute Gasteiger partial charge is 0.384 e. The molecule has 1 N–H and O–H groups in total. The molecule has 0 amide bonds. The maximum Gasteiger partial charge on any atom is 0.0990 e. The van der Waals surface area contributed by atoms with E-state index in [2.05, 4.69) is 19.1 Å². The lowest BCUT2D eigenvalue weighted by atomic mass is 9.52. The van der Waals surface area contributed by atoms with Gasteiger partial charge in [0.15, 0.2) is 0 Å². The summed E-state index contributed by atoms with van der Waals surface area (Å²) in [6, 6.07) is 20.4. The first kappa shape index (κ1) is 11.5. The molecule has 0 aliphatic heterocycles. The lowest BCUT2D eigenvalue weighted by Crippen LogP contribution is -2.56. The van der Waals surface area contributed by atoms with Crippen LogP contribution in [0.2, 0.25) is 0 Å². The fourth-order valence-corrected chi connectivity index (χ4v) is 3.10. The monoisotopic (exact) mass is 238 g/mol. The van der Waals surface area contributed by atoms with Crippen LogP contribution in [0.5, 0.6) is 0 Å². The minimum absolute atomic E-state index is 0.171. The van der Waals surface area contributed by atoms with Crippen LogP contribution in [-0.4, -0.2) is 5.11 Å². The number of aliphatic hydroxyl groups is 1. The summed E-state index contributed by atoms with van der Waals surface area (Å²) in [5.74, 6) is 0. The minimum atomic E-state index is -0.727. The highest BCUT2D eigenvalue weighted by Gasteiger charge is 2.56. The third-order valence-electron chi connectivity index (χ3n) is 4.56. The van der Waals surface area contributed by atoms with E-state index >= 15 is 0 Å². The van der Waals surface area contributed by atoms with E-state index in [4.69, 9.17) is 0 Å². The third-order valence-corrected chi connectivity index (χ3v) is 4.56. The quantitative estimate of drug-likeness (QED) is 0.847. The number of rotatable bonds is 2. The van der Waals surface area contributed by atoms with Crippen LogP contribution in [0.3, 0.4) is 0 Å². The molecule has 1 fully saturated rings. The summed E-state index contributed by atoms with van der Waals surface area (Å²) in [4.78, 5) is 0.